The molecule has 0 spiro atoms. The molecule has 2 fully saturated rings. The summed E-state index contributed by atoms with van der Waals surface area (Å²) in [5.41, 5.74) is 0. The van der Waals surface area contributed by atoms with Gasteiger partial charge in [-0.05, 0) is 24.7 Å². The summed E-state index contributed by atoms with van der Waals surface area (Å²) in [6.07, 6.45) is 2.83. The van der Waals surface area contributed by atoms with Crippen LogP contribution >= 0.6 is 0 Å². The highest BCUT2D eigenvalue weighted by atomic mass is 16.5. The molecule has 0 aromatic rings. The van der Waals surface area contributed by atoms with Crippen LogP contribution in [0, 0.1) is 11.8 Å². The number of rotatable bonds is 2. The Labute approximate surface area is 91.8 Å². The molecule has 0 aromatic carbocycles. The van der Waals surface area contributed by atoms with E-state index in [0.717, 1.165) is 39.0 Å². The minimum atomic E-state index is 0.336. The van der Waals surface area contributed by atoms with E-state index in [4.69, 9.17) is 4.74 Å². The quantitative estimate of drug-likeness (QED) is 0.695. The van der Waals surface area contributed by atoms with Gasteiger partial charge in [-0.3, -0.25) is 4.79 Å². The minimum Gasteiger partial charge on any atom is -0.379 e. The average molecular weight is 211 g/mol. The fourth-order valence-electron chi connectivity index (χ4n) is 2.56. The lowest BCUT2D eigenvalue weighted by atomic mass is 9.87. The van der Waals surface area contributed by atoms with Gasteiger partial charge in [-0.1, -0.05) is 13.8 Å². The van der Waals surface area contributed by atoms with Crippen LogP contribution in [0.15, 0.2) is 0 Å². The highest BCUT2D eigenvalue weighted by molar-refractivity contribution is 5.77. The van der Waals surface area contributed by atoms with Crippen molar-refractivity contribution < 1.29 is 9.53 Å². The molecule has 2 aliphatic rings. The van der Waals surface area contributed by atoms with Crippen molar-refractivity contribution in [3.8, 4) is 0 Å². The number of carbonyl (C=O) groups excluding carboxylic acids is 1. The molecule has 2 atom stereocenters. The zero-order chi connectivity index (χ0) is 10.8. The van der Waals surface area contributed by atoms with Gasteiger partial charge < -0.3 is 9.64 Å². The van der Waals surface area contributed by atoms with Gasteiger partial charge in [0, 0.05) is 19.6 Å². The number of likely N-dealkylation sites (tertiary alicyclic amines) is 1. The molecule has 2 aliphatic heterocycles. The summed E-state index contributed by atoms with van der Waals surface area (Å²) in [6, 6.07) is 0.360. The molecule has 0 saturated carbocycles. The molecule has 0 radical (unpaired) electrons. The van der Waals surface area contributed by atoms with Gasteiger partial charge >= 0.3 is 0 Å². The lowest BCUT2D eigenvalue weighted by molar-refractivity contribution is -0.138. The van der Waals surface area contributed by atoms with E-state index in [0.29, 0.717) is 23.8 Å². The number of amides is 1. The van der Waals surface area contributed by atoms with Crippen molar-refractivity contribution in [3.63, 3.8) is 0 Å². The number of carbonyl (C=O) groups is 1. The molecule has 2 saturated heterocycles. The molecule has 2 heterocycles. The van der Waals surface area contributed by atoms with E-state index in [1.54, 1.807) is 0 Å². The van der Waals surface area contributed by atoms with Crippen molar-refractivity contribution in [1.82, 2.24) is 4.90 Å². The lowest BCUT2D eigenvalue weighted by Gasteiger charge is -2.37. The third kappa shape index (κ3) is 2.33. The molecule has 3 nitrogen and oxygen atoms in total. The van der Waals surface area contributed by atoms with E-state index in [2.05, 4.69) is 18.7 Å². The van der Waals surface area contributed by atoms with Gasteiger partial charge in [-0.2, -0.15) is 0 Å². The SMILES string of the molecule is CC(C)C1CCC(=O)N(C2CCOC2)C1. The number of hydrogen-bond donors (Lipinski definition) is 0. The topological polar surface area (TPSA) is 29.5 Å². The number of hydrogen-bond acceptors (Lipinski definition) is 2. The number of nitrogens with zero attached hydrogens (tertiary/aromatic N) is 1. The molecule has 2 rings (SSSR count). The van der Waals surface area contributed by atoms with Crippen LogP contribution in [0.1, 0.15) is 33.1 Å². The van der Waals surface area contributed by atoms with Crippen molar-refractivity contribution >= 4 is 5.91 Å². The van der Waals surface area contributed by atoms with Gasteiger partial charge in [0.1, 0.15) is 0 Å². The Kier molecular flexibility index (Phi) is 3.29. The molecule has 86 valence electrons. The highest BCUT2D eigenvalue weighted by Gasteiger charge is 2.33. The fraction of sp³-hybridized carbons (Fsp3) is 0.917. The monoisotopic (exact) mass is 211 g/mol. The minimum absolute atomic E-state index is 0.336. The molecule has 0 bridgehead atoms. The van der Waals surface area contributed by atoms with Crippen molar-refractivity contribution in [3.05, 3.63) is 0 Å². The summed E-state index contributed by atoms with van der Waals surface area (Å²) in [5, 5.41) is 0. The largest absolute Gasteiger partial charge is 0.379 e. The van der Waals surface area contributed by atoms with Crippen LogP contribution < -0.4 is 0 Å². The third-order valence-electron chi connectivity index (χ3n) is 3.77. The molecule has 0 N–H and O–H groups in total. The second-order valence-corrected chi connectivity index (χ2v) is 5.11. The molecule has 0 aliphatic carbocycles. The Morgan fingerprint density at radius 1 is 1.40 bits per heavy atom. The summed E-state index contributed by atoms with van der Waals surface area (Å²) in [4.78, 5) is 13.9. The number of ether oxygens (including phenoxy) is 1. The summed E-state index contributed by atoms with van der Waals surface area (Å²) >= 11 is 0. The first-order valence-electron chi connectivity index (χ1n) is 6.05. The molecule has 15 heavy (non-hydrogen) atoms. The molecule has 0 aromatic heterocycles. The second kappa shape index (κ2) is 4.52. The van der Waals surface area contributed by atoms with Crippen LogP contribution in [-0.2, 0) is 9.53 Å². The van der Waals surface area contributed by atoms with Crippen molar-refractivity contribution in [1.29, 1.82) is 0 Å². The van der Waals surface area contributed by atoms with E-state index in [1.165, 1.54) is 0 Å². The summed E-state index contributed by atoms with van der Waals surface area (Å²) < 4.78 is 5.36. The molecular formula is C12H21NO2. The van der Waals surface area contributed by atoms with E-state index < -0.39 is 0 Å². The summed E-state index contributed by atoms with van der Waals surface area (Å²) in [6.45, 7) is 7.02. The van der Waals surface area contributed by atoms with Crippen LogP contribution in [0.3, 0.4) is 0 Å². The fourth-order valence-corrected chi connectivity index (χ4v) is 2.56. The number of piperidine rings is 1. The first-order valence-corrected chi connectivity index (χ1v) is 6.05. The van der Waals surface area contributed by atoms with Crippen molar-refractivity contribution in [2.75, 3.05) is 19.8 Å². The van der Waals surface area contributed by atoms with Crippen LogP contribution in [-0.4, -0.2) is 36.6 Å². The van der Waals surface area contributed by atoms with Gasteiger partial charge in [-0.15, -0.1) is 0 Å². The predicted octanol–water partition coefficient (Wildman–Crippen LogP) is 1.67. The lowest BCUT2D eigenvalue weighted by Crippen LogP contribution is -2.47. The van der Waals surface area contributed by atoms with Gasteiger partial charge in [0.15, 0.2) is 0 Å². The molecular weight excluding hydrogens is 190 g/mol. The average Bonchev–Trinajstić information content (AvgIpc) is 2.71. The van der Waals surface area contributed by atoms with Gasteiger partial charge in [-0.25, -0.2) is 0 Å². The maximum absolute atomic E-state index is 11.8. The normalized spacial score (nSPS) is 32.7. The van der Waals surface area contributed by atoms with Gasteiger partial charge in [0.2, 0.25) is 5.91 Å². The Morgan fingerprint density at radius 2 is 2.20 bits per heavy atom. The van der Waals surface area contributed by atoms with Crippen LogP contribution in [0.25, 0.3) is 0 Å². The Morgan fingerprint density at radius 3 is 2.80 bits per heavy atom. The molecule has 2 unspecified atom stereocenters. The Balaban J connectivity index is 1.98. The second-order valence-electron chi connectivity index (χ2n) is 5.11. The predicted molar refractivity (Wildman–Crippen MR) is 58.5 cm³/mol. The van der Waals surface area contributed by atoms with Crippen LogP contribution in [0.4, 0.5) is 0 Å². The van der Waals surface area contributed by atoms with Crippen molar-refractivity contribution in [2.45, 2.75) is 39.2 Å². The highest BCUT2D eigenvalue weighted by Crippen LogP contribution is 2.27. The Bertz CT molecular complexity index is 234. The van der Waals surface area contributed by atoms with E-state index in [-0.39, 0.29) is 0 Å². The van der Waals surface area contributed by atoms with Crippen LogP contribution in [0.2, 0.25) is 0 Å². The summed E-state index contributed by atoms with van der Waals surface area (Å²) in [5.74, 6) is 1.70. The van der Waals surface area contributed by atoms with Gasteiger partial charge in [0.25, 0.3) is 0 Å². The first kappa shape index (κ1) is 10.9. The smallest absolute Gasteiger partial charge is 0.222 e. The maximum atomic E-state index is 11.8. The zero-order valence-electron chi connectivity index (χ0n) is 9.74. The summed E-state index contributed by atoms with van der Waals surface area (Å²) in [7, 11) is 0. The van der Waals surface area contributed by atoms with Crippen LogP contribution in [0.5, 0.6) is 0 Å². The molecule has 1 amide bonds. The van der Waals surface area contributed by atoms with E-state index in [9.17, 15) is 4.79 Å². The van der Waals surface area contributed by atoms with E-state index >= 15 is 0 Å². The molecule has 3 heteroatoms. The van der Waals surface area contributed by atoms with Crippen molar-refractivity contribution in [2.24, 2.45) is 11.8 Å². The first-order chi connectivity index (χ1) is 7.18. The standard InChI is InChI=1S/C12H21NO2/c1-9(2)10-3-4-12(14)13(7-10)11-5-6-15-8-11/h9-11H,3-8H2,1-2H3. The van der Waals surface area contributed by atoms with Gasteiger partial charge in [0.05, 0.1) is 12.6 Å². The zero-order valence-corrected chi connectivity index (χ0v) is 9.74. The Hall–Kier alpha value is -0.570. The maximum Gasteiger partial charge on any atom is 0.222 e. The third-order valence-corrected chi connectivity index (χ3v) is 3.77. The van der Waals surface area contributed by atoms with E-state index in [1.807, 2.05) is 0 Å².